The number of rotatable bonds is 8. The fraction of sp³-hybridized carbons (Fsp3) is 0.500. The Morgan fingerprint density at radius 1 is 1.12 bits per heavy atom. The van der Waals surface area contributed by atoms with Crippen molar-refractivity contribution in [2.24, 2.45) is 0 Å². The molecule has 0 spiro atoms. The SMILES string of the molecule is Nc1nc2c(ncn2[C@@H]2O[C@H](CO)[C@@H](F)[C@H]2OP(O)(=S)OC[C@H]2OC[C@@](O)(n3cnc4c(=O)[nH]c(N)nc43)[C@@H]2F)c(=O)[nH]1. The maximum Gasteiger partial charge on any atom is 0.325 e. The van der Waals surface area contributed by atoms with Gasteiger partial charge in [-0.15, -0.1) is 0 Å². The van der Waals surface area contributed by atoms with E-state index in [1.165, 1.54) is 0 Å². The summed E-state index contributed by atoms with van der Waals surface area (Å²) in [4.78, 5) is 55.2. The van der Waals surface area contributed by atoms with Crippen molar-refractivity contribution in [3.8, 4) is 0 Å². The van der Waals surface area contributed by atoms with Crippen molar-refractivity contribution in [3.63, 3.8) is 0 Å². The Hall–Kier alpha value is -3.47. The smallest absolute Gasteiger partial charge is 0.325 e. The molecule has 2 aliphatic heterocycles. The number of nitrogen functional groups attached to an aromatic ring is 2. The number of hydrogen-bond donors (Lipinski definition) is 7. The maximum absolute atomic E-state index is 15.6. The van der Waals surface area contributed by atoms with Crippen LogP contribution in [0.15, 0.2) is 22.2 Å². The third kappa shape index (κ3) is 4.99. The van der Waals surface area contributed by atoms with Crippen LogP contribution >= 0.6 is 6.72 Å². The molecule has 0 aliphatic carbocycles. The zero-order valence-corrected chi connectivity index (χ0v) is 23.2. The minimum absolute atomic E-state index is 0.109. The van der Waals surface area contributed by atoms with Gasteiger partial charge in [-0.05, 0) is 11.8 Å². The van der Waals surface area contributed by atoms with Crippen LogP contribution < -0.4 is 22.6 Å². The molecule has 19 nitrogen and oxygen atoms in total. The average molecular weight is 649 g/mol. The van der Waals surface area contributed by atoms with Crippen LogP contribution in [0.2, 0.25) is 0 Å². The number of nitrogens with two attached hydrogens (primary N) is 2. The third-order valence-electron chi connectivity index (χ3n) is 6.95. The highest BCUT2D eigenvalue weighted by Gasteiger charge is 2.53. The quantitative estimate of drug-likeness (QED) is 0.0985. The lowest BCUT2D eigenvalue weighted by Crippen LogP contribution is -2.44. The Labute approximate surface area is 241 Å². The Morgan fingerprint density at radius 2 is 1.74 bits per heavy atom. The largest absolute Gasteiger partial charge is 0.394 e. The second kappa shape index (κ2) is 10.6. The molecule has 6 heterocycles. The van der Waals surface area contributed by atoms with Crippen molar-refractivity contribution in [2.45, 2.75) is 42.6 Å². The van der Waals surface area contributed by atoms with E-state index in [0.717, 1.165) is 21.8 Å². The van der Waals surface area contributed by atoms with Crippen LogP contribution in [0.3, 0.4) is 0 Å². The molecule has 2 saturated heterocycles. The number of hydrogen-bond acceptors (Lipinski definition) is 15. The monoisotopic (exact) mass is 648 g/mol. The van der Waals surface area contributed by atoms with Crippen molar-refractivity contribution >= 4 is 52.7 Å². The van der Waals surface area contributed by atoms with Crippen LogP contribution in [0.5, 0.6) is 0 Å². The van der Waals surface area contributed by atoms with Crippen molar-refractivity contribution < 1.29 is 42.4 Å². The minimum Gasteiger partial charge on any atom is -0.394 e. The van der Waals surface area contributed by atoms with Gasteiger partial charge in [-0.25, -0.2) is 18.7 Å². The molecule has 2 aliphatic rings. The van der Waals surface area contributed by atoms with Gasteiger partial charge in [0.2, 0.25) is 17.6 Å². The van der Waals surface area contributed by atoms with Gasteiger partial charge in [0.15, 0.2) is 40.9 Å². The number of nitrogens with one attached hydrogen (secondary N) is 2. The Bertz CT molecular complexity index is 1870. The number of aliphatic hydroxyl groups excluding tert-OH is 1. The molecule has 23 heteroatoms. The highest BCUT2D eigenvalue weighted by atomic mass is 32.5. The maximum atomic E-state index is 15.6. The van der Waals surface area contributed by atoms with Gasteiger partial charge in [0, 0.05) is 0 Å². The molecule has 4 aromatic rings. The van der Waals surface area contributed by atoms with E-state index in [-0.39, 0.29) is 34.2 Å². The van der Waals surface area contributed by atoms with E-state index >= 15 is 8.78 Å². The number of aromatic nitrogens is 8. The number of H-pyrrole nitrogens is 2. The van der Waals surface area contributed by atoms with Crippen LogP contribution in [-0.4, -0.2) is 105 Å². The summed E-state index contributed by atoms with van der Waals surface area (Å²) in [6, 6.07) is 0. The highest BCUT2D eigenvalue weighted by molar-refractivity contribution is 8.07. The Balaban J connectivity index is 1.20. The second-order valence-electron chi connectivity index (χ2n) is 9.67. The molecule has 0 bridgehead atoms. The number of ether oxygens (including phenoxy) is 2. The lowest BCUT2D eigenvalue weighted by molar-refractivity contribution is -0.0791. The lowest BCUT2D eigenvalue weighted by atomic mass is 10.1. The summed E-state index contributed by atoms with van der Waals surface area (Å²) >= 11 is 5.03. The molecule has 1 unspecified atom stereocenters. The Kier molecular flexibility index (Phi) is 7.30. The first-order valence-electron chi connectivity index (χ1n) is 12.3. The van der Waals surface area contributed by atoms with E-state index in [0.29, 0.717) is 0 Å². The summed E-state index contributed by atoms with van der Waals surface area (Å²) < 4.78 is 54.5. The van der Waals surface area contributed by atoms with Crippen LogP contribution in [0.25, 0.3) is 22.3 Å². The second-order valence-corrected chi connectivity index (χ2v) is 12.5. The summed E-state index contributed by atoms with van der Waals surface area (Å²) in [5, 5.41) is 20.7. The van der Waals surface area contributed by atoms with Gasteiger partial charge in [-0.2, -0.15) is 9.97 Å². The first-order valence-corrected chi connectivity index (χ1v) is 14.9. The Morgan fingerprint density at radius 3 is 2.42 bits per heavy atom. The number of aliphatic hydroxyl groups is 2. The number of anilines is 2. The summed E-state index contributed by atoms with van der Waals surface area (Å²) in [6.07, 6.45) is -8.36. The molecule has 43 heavy (non-hydrogen) atoms. The zero-order chi connectivity index (χ0) is 30.8. The van der Waals surface area contributed by atoms with E-state index in [1.807, 2.05) is 0 Å². The lowest BCUT2D eigenvalue weighted by Gasteiger charge is -2.27. The topological polar surface area (TPSA) is 277 Å². The zero-order valence-electron chi connectivity index (χ0n) is 21.5. The molecule has 8 atom stereocenters. The molecule has 9 N–H and O–H groups in total. The molecular formula is C20H23F2N10O9PS. The first kappa shape index (κ1) is 29.6. The van der Waals surface area contributed by atoms with Gasteiger partial charge in [0.25, 0.3) is 11.1 Å². The van der Waals surface area contributed by atoms with E-state index < -0.39 is 80.3 Å². The van der Waals surface area contributed by atoms with Gasteiger partial charge >= 0.3 is 6.72 Å². The first-order chi connectivity index (χ1) is 20.3. The molecule has 232 valence electrons. The summed E-state index contributed by atoms with van der Waals surface area (Å²) in [6.45, 7) is -6.61. The predicted octanol–water partition coefficient (Wildman–Crippen LogP) is -2.35. The molecule has 6 rings (SSSR count). The van der Waals surface area contributed by atoms with Crippen molar-refractivity contribution in [1.29, 1.82) is 0 Å². The summed E-state index contributed by atoms with van der Waals surface area (Å²) in [5.74, 6) is -0.568. The number of imidazole rings is 2. The van der Waals surface area contributed by atoms with Crippen LogP contribution in [0.4, 0.5) is 20.7 Å². The van der Waals surface area contributed by atoms with Crippen LogP contribution in [-0.2, 0) is 36.1 Å². The number of halogens is 2. The summed E-state index contributed by atoms with van der Waals surface area (Å²) in [7, 11) is 0. The number of alkyl halides is 2. The minimum atomic E-state index is -4.40. The van der Waals surface area contributed by atoms with E-state index in [2.05, 4.69) is 29.9 Å². The van der Waals surface area contributed by atoms with Gasteiger partial charge in [0.1, 0.15) is 18.3 Å². The van der Waals surface area contributed by atoms with Gasteiger partial charge in [-0.1, -0.05) is 0 Å². The third-order valence-corrected chi connectivity index (χ3v) is 8.51. The molecule has 4 aromatic heterocycles. The van der Waals surface area contributed by atoms with Crippen molar-refractivity contribution in [2.75, 3.05) is 31.3 Å². The van der Waals surface area contributed by atoms with E-state index in [1.54, 1.807) is 0 Å². The average Bonchev–Trinajstić information content (AvgIpc) is 3.69. The normalized spacial score (nSPS) is 30.8. The summed E-state index contributed by atoms with van der Waals surface area (Å²) in [5.41, 5.74) is 6.68. The number of fused-ring (bicyclic) bond motifs is 2. The predicted molar refractivity (Wildman–Crippen MR) is 143 cm³/mol. The fourth-order valence-corrected chi connectivity index (χ4v) is 6.30. The van der Waals surface area contributed by atoms with Crippen molar-refractivity contribution in [3.05, 3.63) is 33.4 Å². The molecule has 2 fully saturated rings. The van der Waals surface area contributed by atoms with E-state index in [9.17, 15) is 24.7 Å². The molecule has 0 aromatic carbocycles. The van der Waals surface area contributed by atoms with E-state index in [4.69, 9.17) is 41.8 Å². The highest BCUT2D eigenvalue weighted by Crippen LogP contribution is 2.51. The van der Waals surface area contributed by atoms with Gasteiger partial charge < -0.3 is 40.6 Å². The van der Waals surface area contributed by atoms with Crippen LogP contribution in [0.1, 0.15) is 6.23 Å². The number of aromatic amines is 2. The standard InChI is InChI=1S/C20H23F2N10O9PS/c21-8-6(1-33)40-17(31-4-25-9-13(31)27-18(23)29-15(9)34)11(8)41-42(37,43)39-2-7-12(22)20(36,3-38-7)32-5-26-10-14(32)28-19(24)30-16(10)35/h4-8,11-12,17,33,36H,1-3H2,(H,37,43)(H3,23,27,29,34)(H3,24,28,30,35)/t6-,7-,8-,11-,12-,17-,20+,42?/m1/s1. The molecular weight excluding hydrogens is 625 g/mol. The van der Waals surface area contributed by atoms with Gasteiger partial charge in [-0.3, -0.25) is 33.2 Å². The fourth-order valence-electron chi connectivity index (χ4n) is 4.90. The molecule has 0 saturated carbocycles. The van der Waals surface area contributed by atoms with Gasteiger partial charge in [0.05, 0.1) is 32.5 Å². The molecule has 0 radical (unpaired) electrons. The van der Waals surface area contributed by atoms with Crippen molar-refractivity contribution in [1.82, 2.24) is 39.0 Å². The van der Waals surface area contributed by atoms with Crippen LogP contribution in [0, 0.1) is 0 Å². The number of nitrogens with zero attached hydrogens (tertiary/aromatic N) is 6. The molecule has 0 amide bonds.